The van der Waals surface area contributed by atoms with E-state index in [0.29, 0.717) is 10.7 Å². The Kier molecular flexibility index (Phi) is 3.21. The zero-order valence-corrected chi connectivity index (χ0v) is 11.5. The number of halogens is 1. The standard InChI is InChI=1S/C14H16ClN3O/c1-8-11(15)3-2-9-6-12(18-13(8)9)14(19)17-10-4-5-16-7-10/h2-3,6,10,16,18H,4-5,7H2,1H3,(H,17,19)/t10-/m1/s1. The van der Waals surface area contributed by atoms with E-state index in [1.54, 1.807) is 0 Å². The first-order valence-corrected chi connectivity index (χ1v) is 6.82. The van der Waals surface area contributed by atoms with Crippen LogP contribution in [0.25, 0.3) is 10.9 Å². The maximum Gasteiger partial charge on any atom is 0.267 e. The van der Waals surface area contributed by atoms with Crippen molar-refractivity contribution < 1.29 is 4.79 Å². The molecule has 1 fully saturated rings. The molecule has 3 N–H and O–H groups in total. The average molecular weight is 278 g/mol. The summed E-state index contributed by atoms with van der Waals surface area (Å²) in [5.41, 5.74) is 2.50. The van der Waals surface area contributed by atoms with E-state index in [-0.39, 0.29) is 11.9 Å². The second kappa shape index (κ2) is 4.87. The Morgan fingerprint density at radius 3 is 3.05 bits per heavy atom. The number of aromatic amines is 1. The van der Waals surface area contributed by atoms with E-state index in [1.807, 2.05) is 25.1 Å². The van der Waals surface area contributed by atoms with Gasteiger partial charge in [0.25, 0.3) is 5.91 Å². The number of aryl methyl sites for hydroxylation is 1. The van der Waals surface area contributed by atoms with Gasteiger partial charge in [-0.3, -0.25) is 4.79 Å². The van der Waals surface area contributed by atoms with Crippen molar-refractivity contribution in [1.82, 2.24) is 15.6 Å². The summed E-state index contributed by atoms with van der Waals surface area (Å²) in [6.45, 7) is 3.76. The van der Waals surface area contributed by atoms with Crippen molar-refractivity contribution in [3.63, 3.8) is 0 Å². The number of carbonyl (C=O) groups excluding carboxylic acids is 1. The lowest BCUT2D eigenvalue weighted by molar-refractivity contribution is 0.0936. The van der Waals surface area contributed by atoms with Crippen LogP contribution in [-0.2, 0) is 0 Å². The van der Waals surface area contributed by atoms with Crippen molar-refractivity contribution in [1.29, 1.82) is 0 Å². The van der Waals surface area contributed by atoms with Gasteiger partial charge in [-0.15, -0.1) is 0 Å². The minimum atomic E-state index is -0.0552. The molecule has 100 valence electrons. The third kappa shape index (κ3) is 2.33. The second-order valence-electron chi connectivity index (χ2n) is 4.98. The van der Waals surface area contributed by atoms with Gasteiger partial charge < -0.3 is 15.6 Å². The van der Waals surface area contributed by atoms with Gasteiger partial charge >= 0.3 is 0 Å². The second-order valence-corrected chi connectivity index (χ2v) is 5.39. The largest absolute Gasteiger partial charge is 0.350 e. The lowest BCUT2D eigenvalue weighted by atomic mass is 10.1. The van der Waals surface area contributed by atoms with Gasteiger partial charge in [-0.1, -0.05) is 17.7 Å². The monoisotopic (exact) mass is 277 g/mol. The third-order valence-corrected chi connectivity index (χ3v) is 4.04. The number of hydrogen-bond acceptors (Lipinski definition) is 2. The predicted octanol–water partition coefficient (Wildman–Crippen LogP) is 2.22. The first-order valence-electron chi connectivity index (χ1n) is 6.44. The molecule has 5 heteroatoms. The fourth-order valence-electron chi connectivity index (χ4n) is 2.48. The Labute approximate surface area is 116 Å². The number of H-pyrrole nitrogens is 1. The number of rotatable bonds is 2. The van der Waals surface area contributed by atoms with Gasteiger partial charge in [0.2, 0.25) is 0 Å². The molecule has 1 aromatic heterocycles. The van der Waals surface area contributed by atoms with E-state index in [9.17, 15) is 4.79 Å². The summed E-state index contributed by atoms with van der Waals surface area (Å²) < 4.78 is 0. The maximum atomic E-state index is 12.2. The number of amides is 1. The Morgan fingerprint density at radius 2 is 2.32 bits per heavy atom. The van der Waals surface area contributed by atoms with Gasteiger partial charge in [0.05, 0.1) is 5.52 Å². The number of aromatic nitrogens is 1. The van der Waals surface area contributed by atoms with Crippen LogP contribution in [0.15, 0.2) is 18.2 Å². The Morgan fingerprint density at radius 1 is 1.47 bits per heavy atom. The average Bonchev–Trinajstić information content (AvgIpc) is 3.02. The predicted molar refractivity (Wildman–Crippen MR) is 76.8 cm³/mol. The molecular weight excluding hydrogens is 262 g/mol. The fraction of sp³-hybridized carbons (Fsp3) is 0.357. The van der Waals surface area contributed by atoms with E-state index >= 15 is 0 Å². The lowest BCUT2D eigenvalue weighted by Crippen LogP contribution is -2.36. The van der Waals surface area contributed by atoms with Gasteiger partial charge in [-0.25, -0.2) is 0 Å². The zero-order chi connectivity index (χ0) is 13.4. The fourth-order valence-corrected chi connectivity index (χ4v) is 2.64. The van der Waals surface area contributed by atoms with Gasteiger partial charge in [-0.05, 0) is 37.6 Å². The summed E-state index contributed by atoms with van der Waals surface area (Å²) in [6, 6.07) is 5.88. The molecule has 2 aromatic rings. The van der Waals surface area contributed by atoms with Crippen LogP contribution in [-0.4, -0.2) is 30.0 Å². The summed E-state index contributed by atoms with van der Waals surface area (Å²) >= 11 is 6.09. The first-order chi connectivity index (χ1) is 9.15. The summed E-state index contributed by atoms with van der Waals surface area (Å²) in [5, 5.41) is 7.97. The van der Waals surface area contributed by atoms with E-state index in [4.69, 9.17) is 11.6 Å². The van der Waals surface area contributed by atoms with Crippen molar-refractivity contribution in [2.75, 3.05) is 13.1 Å². The topological polar surface area (TPSA) is 56.9 Å². The molecule has 1 amide bonds. The molecule has 4 nitrogen and oxygen atoms in total. The van der Waals surface area contributed by atoms with Gasteiger partial charge in [0, 0.05) is 23.0 Å². The van der Waals surface area contributed by atoms with Crippen LogP contribution < -0.4 is 10.6 Å². The van der Waals surface area contributed by atoms with Crippen molar-refractivity contribution in [2.45, 2.75) is 19.4 Å². The number of nitrogens with one attached hydrogen (secondary N) is 3. The Bertz CT molecular complexity index is 629. The molecule has 0 radical (unpaired) electrons. The highest BCUT2D eigenvalue weighted by Crippen LogP contribution is 2.25. The molecule has 0 aliphatic carbocycles. The van der Waals surface area contributed by atoms with Crippen molar-refractivity contribution in [3.05, 3.63) is 34.5 Å². The molecule has 19 heavy (non-hydrogen) atoms. The van der Waals surface area contributed by atoms with Crippen LogP contribution in [0.4, 0.5) is 0 Å². The SMILES string of the molecule is Cc1c(Cl)ccc2cc(C(=O)N[C@@H]3CCNC3)[nH]c12. The molecule has 0 bridgehead atoms. The van der Waals surface area contributed by atoms with Gasteiger partial charge in [0.15, 0.2) is 0 Å². The van der Waals surface area contributed by atoms with Crippen molar-refractivity contribution in [2.24, 2.45) is 0 Å². The smallest absolute Gasteiger partial charge is 0.267 e. The van der Waals surface area contributed by atoms with E-state index in [1.165, 1.54) is 0 Å². The summed E-state index contributed by atoms with van der Waals surface area (Å²) in [6.07, 6.45) is 0.983. The highest BCUT2D eigenvalue weighted by Gasteiger charge is 2.19. The molecule has 1 aliphatic rings. The molecular formula is C14H16ClN3O. The van der Waals surface area contributed by atoms with E-state index in [0.717, 1.165) is 36.0 Å². The minimum Gasteiger partial charge on any atom is -0.350 e. The zero-order valence-electron chi connectivity index (χ0n) is 10.7. The quantitative estimate of drug-likeness (QED) is 0.788. The molecule has 0 spiro atoms. The third-order valence-electron chi connectivity index (χ3n) is 3.63. The summed E-state index contributed by atoms with van der Waals surface area (Å²) in [7, 11) is 0. The van der Waals surface area contributed by atoms with E-state index in [2.05, 4.69) is 15.6 Å². The number of hydrogen-bond donors (Lipinski definition) is 3. The molecule has 1 aromatic carbocycles. The van der Waals surface area contributed by atoms with Crippen LogP contribution in [0.3, 0.4) is 0 Å². The number of carbonyl (C=O) groups is 1. The molecule has 0 saturated carbocycles. The molecule has 1 aliphatic heterocycles. The molecule has 2 heterocycles. The van der Waals surface area contributed by atoms with Crippen LogP contribution in [0.5, 0.6) is 0 Å². The highest BCUT2D eigenvalue weighted by molar-refractivity contribution is 6.32. The van der Waals surface area contributed by atoms with E-state index < -0.39 is 0 Å². The maximum absolute atomic E-state index is 12.2. The first kappa shape index (κ1) is 12.5. The van der Waals surface area contributed by atoms with Crippen molar-refractivity contribution >= 4 is 28.4 Å². The van der Waals surface area contributed by atoms with Crippen LogP contribution in [0.2, 0.25) is 5.02 Å². The summed E-state index contributed by atoms with van der Waals surface area (Å²) in [5.74, 6) is -0.0552. The Hall–Kier alpha value is -1.52. The summed E-state index contributed by atoms with van der Waals surface area (Å²) in [4.78, 5) is 15.3. The van der Waals surface area contributed by atoms with Gasteiger partial charge in [0.1, 0.15) is 5.69 Å². The van der Waals surface area contributed by atoms with Crippen LogP contribution in [0, 0.1) is 6.92 Å². The number of fused-ring (bicyclic) bond motifs is 1. The molecule has 0 unspecified atom stereocenters. The van der Waals surface area contributed by atoms with Crippen molar-refractivity contribution in [3.8, 4) is 0 Å². The molecule has 1 saturated heterocycles. The highest BCUT2D eigenvalue weighted by atomic mass is 35.5. The number of benzene rings is 1. The lowest BCUT2D eigenvalue weighted by Gasteiger charge is -2.09. The van der Waals surface area contributed by atoms with Crippen LogP contribution >= 0.6 is 11.6 Å². The minimum absolute atomic E-state index is 0.0552. The van der Waals surface area contributed by atoms with Gasteiger partial charge in [-0.2, -0.15) is 0 Å². The normalized spacial score (nSPS) is 18.9. The molecule has 1 atom stereocenters. The van der Waals surface area contributed by atoms with Crippen LogP contribution in [0.1, 0.15) is 22.5 Å². The molecule has 3 rings (SSSR count). The Balaban J connectivity index is 1.88.